The summed E-state index contributed by atoms with van der Waals surface area (Å²) in [6.45, 7) is 0.250. The summed E-state index contributed by atoms with van der Waals surface area (Å²) in [6.07, 6.45) is 0. The van der Waals surface area contributed by atoms with E-state index in [1.807, 2.05) is 0 Å². The van der Waals surface area contributed by atoms with Gasteiger partial charge in [-0.3, -0.25) is 4.79 Å². The molecule has 0 saturated carbocycles. The van der Waals surface area contributed by atoms with E-state index in [0.717, 1.165) is 5.56 Å². The second-order valence-electron chi connectivity index (χ2n) is 5.02. The monoisotopic (exact) mass is 412 g/mol. The number of rotatable bonds is 7. The lowest BCUT2D eigenvalue weighted by molar-refractivity contribution is 0.0997. The minimum Gasteiger partial charge on any atom is -0.493 e. The molecule has 0 aliphatic rings. The zero-order valence-electron chi connectivity index (χ0n) is 14.0. The zero-order valence-corrected chi connectivity index (χ0v) is 15.6. The average Bonchev–Trinajstić information content (AvgIpc) is 2.57. The van der Waals surface area contributed by atoms with Crippen LogP contribution in [0.25, 0.3) is 0 Å². The van der Waals surface area contributed by atoms with Crippen molar-refractivity contribution in [2.75, 3.05) is 26.6 Å². The smallest absolute Gasteiger partial charge is 0.253 e. The Kier molecular flexibility index (Phi) is 6.08. The highest BCUT2D eigenvalue weighted by atomic mass is 79.9. The highest BCUT2D eigenvalue weighted by Crippen LogP contribution is 2.40. The molecule has 3 N–H and O–H groups in total. The van der Waals surface area contributed by atoms with Crippen molar-refractivity contribution in [1.29, 1.82) is 0 Å². The van der Waals surface area contributed by atoms with Gasteiger partial charge in [0.2, 0.25) is 5.75 Å². The predicted molar refractivity (Wildman–Crippen MR) is 96.0 cm³/mol. The molecule has 0 aliphatic carbocycles. The third kappa shape index (κ3) is 3.96. The number of benzene rings is 2. The molecular weight excluding hydrogens is 395 g/mol. The number of primary amides is 1. The highest BCUT2D eigenvalue weighted by Gasteiger charge is 2.18. The molecule has 0 fully saturated rings. The van der Waals surface area contributed by atoms with Crippen LogP contribution in [0.15, 0.2) is 28.7 Å². The van der Waals surface area contributed by atoms with Gasteiger partial charge in [-0.25, -0.2) is 4.39 Å². The number of amides is 1. The van der Waals surface area contributed by atoms with Crippen molar-refractivity contribution in [3.8, 4) is 17.2 Å². The number of methoxy groups -OCH3 is 3. The first-order valence-corrected chi connectivity index (χ1v) is 8.02. The molecule has 8 heteroatoms. The van der Waals surface area contributed by atoms with E-state index in [1.165, 1.54) is 27.4 Å². The molecule has 0 radical (unpaired) electrons. The van der Waals surface area contributed by atoms with Gasteiger partial charge in [0.1, 0.15) is 5.82 Å². The molecule has 1 amide bonds. The van der Waals surface area contributed by atoms with Gasteiger partial charge in [-0.2, -0.15) is 0 Å². The Bertz CT molecular complexity index is 799. The molecule has 2 rings (SSSR count). The number of nitrogens with one attached hydrogen (secondary N) is 1. The van der Waals surface area contributed by atoms with Gasteiger partial charge >= 0.3 is 0 Å². The average molecular weight is 413 g/mol. The van der Waals surface area contributed by atoms with Gasteiger partial charge in [-0.05, 0) is 24.3 Å². The van der Waals surface area contributed by atoms with Crippen molar-refractivity contribution >= 4 is 27.5 Å². The summed E-state index contributed by atoms with van der Waals surface area (Å²) < 4.78 is 30.5. The number of ether oxygens (including phenoxy) is 3. The fourth-order valence-corrected chi connectivity index (χ4v) is 2.89. The highest BCUT2D eigenvalue weighted by molar-refractivity contribution is 9.10. The first kappa shape index (κ1) is 18.9. The van der Waals surface area contributed by atoms with Crippen molar-refractivity contribution in [3.05, 3.63) is 45.7 Å². The van der Waals surface area contributed by atoms with Gasteiger partial charge in [0.25, 0.3) is 5.91 Å². The molecule has 0 atom stereocenters. The molecule has 2 aromatic rings. The molecule has 134 valence electrons. The van der Waals surface area contributed by atoms with E-state index in [4.69, 9.17) is 19.9 Å². The Morgan fingerprint density at radius 2 is 1.84 bits per heavy atom. The fourth-order valence-electron chi connectivity index (χ4n) is 2.46. The lowest BCUT2D eigenvalue weighted by atomic mass is 10.1. The number of hydrogen-bond acceptors (Lipinski definition) is 5. The number of anilines is 1. The normalized spacial score (nSPS) is 10.3. The molecule has 25 heavy (non-hydrogen) atoms. The fraction of sp³-hybridized carbons (Fsp3) is 0.235. The largest absolute Gasteiger partial charge is 0.493 e. The first-order valence-electron chi connectivity index (χ1n) is 7.23. The van der Waals surface area contributed by atoms with Gasteiger partial charge in [0.15, 0.2) is 11.5 Å². The van der Waals surface area contributed by atoms with Crippen LogP contribution in [-0.4, -0.2) is 27.2 Å². The van der Waals surface area contributed by atoms with Crippen LogP contribution in [0.4, 0.5) is 10.1 Å². The molecule has 0 aromatic heterocycles. The zero-order chi connectivity index (χ0) is 18.6. The van der Waals surface area contributed by atoms with Gasteiger partial charge in [-0.15, -0.1) is 0 Å². The lowest BCUT2D eigenvalue weighted by Crippen LogP contribution is -2.17. The van der Waals surface area contributed by atoms with Crippen LogP contribution in [0.2, 0.25) is 0 Å². The number of hydrogen-bond donors (Lipinski definition) is 2. The van der Waals surface area contributed by atoms with Crippen molar-refractivity contribution in [3.63, 3.8) is 0 Å². The predicted octanol–water partition coefficient (Wildman–Crippen LogP) is 3.33. The summed E-state index contributed by atoms with van der Waals surface area (Å²) in [4.78, 5) is 11.5. The molecule has 0 unspecified atom stereocenters. The van der Waals surface area contributed by atoms with Gasteiger partial charge in [0.05, 0.1) is 32.6 Å². The number of carbonyl (C=O) groups is 1. The maximum atomic E-state index is 14.0. The minimum atomic E-state index is -0.855. The van der Waals surface area contributed by atoms with Crippen LogP contribution in [0, 0.1) is 5.82 Å². The van der Waals surface area contributed by atoms with E-state index in [9.17, 15) is 9.18 Å². The maximum absolute atomic E-state index is 14.0. The van der Waals surface area contributed by atoms with Crippen LogP contribution in [-0.2, 0) is 6.54 Å². The van der Waals surface area contributed by atoms with Gasteiger partial charge in [-0.1, -0.05) is 15.9 Å². The number of halogens is 2. The van der Waals surface area contributed by atoms with Crippen LogP contribution >= 0.6 is 15.9 Å². The lowest BCUT2D eigenvalue weighted by Gasteiger charge is -2.17. The first-order chi connectivity index (χ1) is 11.9. The van der Waals surface area contributed by atoms with E-state index in [-0.39, 0.29) is 17.8 Å². The molecule has 0 saturated heterocycles. The standard InChI is InChI=1S/C17H18BrFN2O4/c1-23-13-5-4-9(15(24-2)16(13)25-3)8-21-12-7-10(18)6-11(19)14(12)17(20)22/h4-7,21H,8H2,1-3H3,(H2,20,22). The Labute approximate surface area is 153 Å². The molecule has 0 bridgehead atoms. The molecule has 2 aromatic carbocycles. The van der Waals surface area contributed by atoms with E-state index in [2.05, 4.69) is 21.2 Å². The summed E-state index contributed by atoms with van der Waals surface area (Å²) in [5, 5.41) is 3.01. The summed E-state index contributed by atoms with van der Waals surface area (Å²) in [6, 6.07) is 6.28. The molecular formula is C17H18BrFN2O4. The van der Waals surface area contributed by atoms with Gasteiger partial charge in [0, 0.05) is 16.6 Å². The van der Waals surface area contributed by atoms with E-state index >= 15 is 0 Å². The van der Waals surface area contributed by atoms with Crippen LogP contribution in [0.5, 0.6) is 17.2 Å². The number of nitrogens with two attached hydrogens (primary N) is 1. The number of carbonyl (C=O) groups excluding carboxylic acids is 1. The SMILES string of the molecule is COc1ccc(CNc2cc(Br)cc(F)c2C(N)=O)c(OC)c1OC. The minimum absolute atomic E-state index is 0.206. The Morgan fingerprint density at radius 3 is 2.40 bits per heavy atom. The van der Waals surface area contributed by atoms with Crippen molar-refractivity contribution in [2.45, 2.75) is 6.54 Å². The maximum Gasteiger partial charge on any atom is 0.253 e. The van der Waals surface area contributed by atoms with Crippen LogP contribution < -0.4 is 25.3 Å². The van der Waals surface area contributed by atoms with Crippen LogP contribution in [0.3, 0.4) is 0 Å². The summed E-state index contributed by atoms with van der Waals surface area (Å²) >= 11 is 3.20. The van der Waals surface area contributed by atoms with Crippen molar-refractivity contribution in [2.24, 2.45) is 5.73 Å². The molecule has 0 aliphatic heterocycles. The molecule has 6 nitrogen and oxygen atoms in total. The second-order valence-corrected chi connectivity index (χ2v) is 5.94. The van der Waals surface area contributed by atoms with E-state index < -0.39 is 11.7 Å². The van der Waals surface area contributed by atoms with Crippen LogP contribution in [0.1, 0.15) is 15.9 Å². The Hall–Kier alpha value is -2.48. The quantitative estimate of drug-likeness (QED) is 0.728. The summed E-state index contributed by atoms with van der Waals surface area (Å²) in [5.74, 6) is -0.116. The molecule has 0 heterocycles. The van der Waals surface area contributed by atoms with E-state index in [0.29, 0.717) is 21.7 Å². The third-order valence-corrected chi connectivity index (χ3v) is 4.01. The topological polar surface area (TPSA) is 82.8 Å². The van der Waals surface area contributed by atoms with Crippen molar-refractivity contribution in [1.82, 2.24) is 0 Å². The second kappa shape index (κ2) is 8.06. The van der Waals surface area contributed by atoms with E-state index in [1.54, 1.807) is 18.2 Å². The summed E-state index contributed by atoms with van der Waals surface area (Å²) in [7, 11) is 4.54. The molecule has 0 spiro atoms. The van der Waals surface area contributed by atoms with Crippen molar-refractivity contribution < 1.29 is 23.4 Å². The Morgan fingerprint density at radius 1 is 1.16 bits per heavy atom. The third-order valence-electron chi connectivity index (χ3n) is 3.56. The van der Waals surface area contributed by atoms with Gasteiger partial charge < -0.3 is 25.3 Å². The summed E-state index contributed by atoms with van der Waals surface area (Å²) in [5.41, 5.74) is 6.08. The Balaban J connectivity index is 2.38.